The van der Waals surface area contributed by atoms with Gasteiger partial charge in [-0.3, -0.25) is 10.00 Å². The minimum Gasteiger partial charge on any atom is -0.492 e. The zero-order valence-corrected chi connectivity index (χ0v) is 21.9. The van der Waals surface area contributed by atoms with Crippen LogP contribution in [0.15, 0.2) is 48.7 Å². The van der Waals surface area contributed by atoms with Crippen LogP contribution in [0.5, 0.6) is 5.75 Å². The Morgan fingerprint density at radius 1 is 0.923 bits per heavy atom. The van der Waals surface area contributed by atoms with Crippen LogP contribution in [-0.2, 0) is 0 Å². The molecule has 0 bridgehead atoms. The molecule has 0 amide bonds. The molecule has 2 aliphatic heterocycles. The minimum atomic E-state index is -0.326. The smallest absolute Gasteiger partial charge is 0.159 e. The van der Waals surface area contributed by atoms with Crippen LogP contribution in [0.2, 0.25) is 0 Å². The molecule has 5 aromatic rings. The van der Waals surface area contributed by atoms with E-state index in [0.717, 1.165) is 77.3 Å². The molecule has 0 spiro atoms. The summed E-state index contributed by atoms with van der Waals surface area (Å²) in [5.41, 5.74) is 4.82. The summed E-state index contributed by atoms with van der Waals surface area (Å²) < 4.78 is 20.7. The number of nitrogens with zero attached hydrogens (tertiary/aromatic N) is 5. The average molecular weight is 526 g/mol. The number of anilines is 1. The maximum atomic E-state index is 14.7. The Balaban J connectivity index is 1.20. The maximum absolute atomic E-state index is 14.7. The van der Waals surface area contributed by atoms with E-state index in [1.54, 1.807) is 0 Å². The van der Waals surface area contributed by atoms with Gasteiger partial charge in [-0.05, 0) is 75.0 Å². The lowest BCUT2D eigenvalue weighted by atomic mass is 10.0. The fraction of sp³-hybridized carbons (Fsp3) is 0.367. The summed E-state index contributed by atoms with van der Waals surface area (Å²) in [6.45, 7) is 5.68. The van der Waals surface area contributed by atoms with Crippen molar-refractivity contribution in [2.24, 2.45) is 0 Å². The Morgan fingerprint density at radius 3 is 2.64 bits per heavy atom. The first kappa shape index (κ1) is 24.1. The SMILES string of the molecule is Fc1cc(OCCN2CCCC2)cc(-c2cccc3[nH]c(-c4n[nH]c5cnc(N6CCCCC6)cc45)nc23)c1. The summed E-state index contributed by atoms with van der Waals surface area (Å²) in [7, 11) is 0. The molecule has 2 fully saturated rings. The summed E-state index contributed by atoms with van der Waals surface area (Å²) in [6.07, 6.45) is 7.98. The zero-order chi connectivity index (χ0) is 26.2. The van der Waals surface area contributed by atoms with Gasteiger partial charge in [0.05, 0.1) is 22.7 Å². The van der Waals surface area contributed by atoms with Crippen molar-refractivity contribution in [1.82, 2.24) is 30.0 Å². The summed E-state index contributed by atoms with van der Waals surface area (Å²) in [5, 5.41) is 8.66. The summed E-state index contributed by atoms with van der Waals surface area (Å²) in [5.74, 6) is 1.84. The number of nitrogens with one attached hydrogen (secondary N) is 2. The van der Waals surface area contributed by atoms with Crippen molar-refractivity contribution in [2.75, 3.05) is 44.2 Å². The van der Waals surface area contributed by atoms with Gasteiger partial charge < -0.3 is 14.6 Å². The molecule has 2 saturated heterocycles. The first-order valence-corrected chi connectivity index (χ1v) is 14.0. The molecule has 0 radical (unpaired) electrons. The van der Waals surface area contributed by atoms with Crippen LogP contribution in [0.1, 0.15) is 32.1 Å². The van der Waals surface area contributed by atoms with Gasteiger partial charge in [-0.1, -0.05) is 12.1 Å². The second-order valence-corrected chi connectivity index (χ2v) is 10.6. The average Bonchev–Trinajstić information content (AvgIpc) is 3.72. The predicted octanol–water partition coefficient (Wildman–Crippen LogP) is 5.77. The molecule has 9 heteroatoms. The molecule has 0 aliphatic carbocycles. The maximum Gasteiger partial charge on any atom is 0.159 e. The molecule has 200 valence electrons. The van der Waals surface area contributed by atoms with Crippen molar-refractivity contribution < 1.29 is 9.13 Å². The van der Waals surface area contributed by atoms with Crippen molar-refractivity contribution in [3.63, 3.8) is 0 Å². The molecule has 5 heterocycles. The summed E-state index contributed by atoms with van der Waals surface area (Å²) >= 11 is 0. The van der Waals surface area contributed by atoms with Crippen LogP contribution in [-0.4, -0.2) is 69.4 Å². The first-order chi connectivity index (χ1) is 19.2. The highest BCUT2D eigenvalue weighted by Gasteiger charge is 2.19. The number of pyridine rings is 1. The summed E-state index contributed by atoms with van der Waals surface area (Å²) in [6, 6.07) is 12.9. The van der Waals surface area contributed by atoms with E-state index in [9.17, 15) is 4.39 Å². The van der Waals surface area contributed by atoms with E-state index in [1.165, 1.54) is 44.2 Å². The number of likely N-dealkylation sites (tertiary alicyclic amines) is 1. The highest BCUT2D eigenvalue weighted by atomic mass is 19.1. The molecule has 7 rings (SSSR count). The molecule has 0 unspecified atom stereocenters. The van der Waals surface area contributed by atoms with Crippen LogP contribution < -0.4 is 9.64 Å². The number of fused-ring (bicyclic) bond motifs is 2. The molecule has 8 nitrogen and oxygen atoms in total. The van der Waals surface area contributed by atoms with E-state index in [2.05, 4.69) is 36.0 Å². The Kier molecular flexibility index (Phi) is 6.36. The number of benzene rings is 2. The van der Waals surface area contributed by atoms with Crippen molar-refractivity contribution in [1.29, 1.82) is 0 Å². The van der Waals surface area contributed by atoms with E-state index in [-0.39, 0.29) is 5.82 Å². The molecule has 0 saturated carbocycles. The lowest BCUT2D eigenvalue weighted by molar-refractivity contribution is 0.237. The zero-order valence-electron chi connectivity index (χ0n) is 21.9. The first-order valence-electron chi connectivity index (χ1n) is 14.0. The highest BCUT2D eigenvalue weighted by molar-refractivity contribution is 5.97. The third-order valence-electron chi connectivity index (χ3n) is 7.91. The van der Waals surface area contributed by atoms with E-state index < -0.39 is 0 Å². The second kappa shape index (κ2) is 10.3. The van der Waals surface area contributed by atoms with Gasteiger partial charge in [-0.25, -0.2) is 14.4 Å². The lowest BCUT2D eigenvalue weighted by Crippen LogP contribution is -2.29. The highest BCUT2D eigenvalue weighted by Crippen LogP contribution is 2.34. The van der Waals surface area contributed by atoms with Gasteiger partial charge in [0.25, 0.3) is 0 Å². The van der Waals surface area contributed by atoms with Crippen molar-refractivity contribution >= 4 is 27.8 Å². The number of halogens is 1. The number of H-pyrrole nitrogens is 2. The molecular weight excluding hydrogens is 493 g/mol. The van der Waals surface area contributed by atoms with E-state index in [0.29, 0.717) is 18.2 Å². The molecular formula is C30H32FN7O. The number of para-hydroxylation sites is 1. The molecule has 2 aliphatic rings. The number of ether oxygens (including phenoxy) is 1. The van der Waals surface area contributed by atoms with Gasteiger partial charge in [0.2, 0.25) is 0 Å². The lowest BCUT2D eigenvalue weighted by Gasteiger charge is -2.27. The van der Waals surface area contributed by atoms with Gasteiger partial charge in [0.1, 0.15) is 29.7 Å². The third kappa shape index (κ3) is 4.83. The third-order valence-corrected chi connectivity index (χ3v) is 7.91. The largest absolute Gasteiger partial charge is 0.492 e. The van der Waals surface area contributed by atoms with E-state index in [1.807, 2.05) is 30.5 Å². The van der Waals surface area contributed by atoms with Gasteiger partial charge in [-0.2, -0.15) is 5.10 Å². The number of aromatic amines is 2. The van der Waals surface area contributed by atoms with Crippen molar-refractivity contribution in [3.8, 4) is 28.4 Å². The fourth-order valence-electron chi connectivity index (χ4n) is 5.86. The molecule has 0 atom stereocenters. The molecule has 3 aromatic heterocycles. The van der Waals surface area contributed by atoms with Crippen molar-refractivity contribution in [3.05, 3.63) is 54.5 Å². The summed E-state index contributed by atoms with van der Waals surface area (Å²) in [4.78, 5) is 17.8. The molecule has 39 heavy (non-hydrogen) atoms. The Labute approximate surface area is 226 Å². The quantitative estimate of drug-likeness (QED) is 0.281. The van der Waals surface area contributed by atoms with Crippen LogP contribution in [0.25, 0.3) is 44.6 Å². The number of imidazole rings is 1. The number of hydrogen-bond acceptors (Lipinski definition) is 6. The van der Waals surface area contributed by atoms with Gasteiger partial charge in [0.15, 0.2) is 5.82 Å². The van der Waals surface area contributed by atoms with Gasteiger partial charge >= 0.3 is 0 Å². The van der Waals surface area contributed by atoms with Crippen molar-refractivity contribution in [2.45, 2.75) is 32.1 Å². The van der Waals surface area contributed by atoms with Gasteiger partial charge in [-0.15, -0.1) is 0 Å². The van der Waals surface area contributed by atoms with Crippen LogP contribution in [0.3, 0.4) is 0 Å². The monoisotopic (exact) mass is 525 g/mol. The standard InChI is InChI=1S/C30H32FN7O/c31-21-15-20(16-22(17-21)39-14-13-37-9-4-5-10-37)23-7-6-8-25-28(23)34-30(33-25)29-24-18-27(32-19-26(24)35-36-29)38-11-2-1-3-12-38/h6-8,15-19H,1-5,9-14H2,(H,33,34)(H,35,36). The molecule has 2 aromatic carbocycles. The van der Waals surface area contributed by atoms with Crippen LogP contribution in [0, 0.1) is 5.82 Å². The number of rotatable bonds is 7. The minimum absolute atomic E-state index is 0.326. The predicted molar refractivity (Wildman–Crippen MR) is 152 cm³/mol. The Hall–Kier alpha value is -3.98. The fourth-order valence-corrected chi connectivity index (χ4v) is 5.86. The molecule has 2 N–H and O–H groups in total. The van der Waals surface area contributed by atoms with Crippen LogP contribution >= 0.6 is 0 Å². The Bertz CT molecular complexity index is 1610. The number of aromatic nitrogens is 5. The number of piperidine rings is 1. The normalized spacial score (nSPS) is 16.5. The van der Waals surface area contributed by atoms with E-state index in [4.69, 9.17) is 9.72 Å². The topological polar surface area (TPSA) is 86.0 Å². The second-order valence-electron chi connectivity index (χ2n) is 10.6. The number of hydrogen-bond donors (Lipinski definition) is 2. The van der Waals surface area contributed by atoms with Gasteiger partial charge in [0, 0.05) is 36.7 Å². The Morgan fingerprint density at radius 2 is 1.77 bits per heavy atom. The van der Waals surface area contributed by atoms with Crippen LogP contribution in [0.4, 0.5) is 10.2 Å². The van der Waals surface area contributed by atoms with E-state index >= 15 is 0 Å².